The number of amides is 1. The number of carbonyl (C=O) groups excluding carboxylic acids is 1. The standard InChI is InChI=1S/C19H23NO3S2/c21-19(20-8-11-25-14-15-7-10-24-13-15)17-5-1-2-6-18(17)23-12-16-4-3-9-22-16/h1-2,5-7,10,13,16H,3-4,8-9,11-12,14H2,(H,20,21)/t16-/m1/s1. The maximum atomic E-state index is 12.4. The van der Waals surface area contributed by atoms with Crippen molar-refractivity contribution in [2.75, 3.05) is 25.5 Å². The van der Waals surface area contributed by atoms with Crippen molar-refractivity contribution in [3.63, 3.8) is 0 Å². The SMILES string of the molecule is O=C(NCCSCc1ccsc1)c1ccccc1OC[C@H]1CCCO1. The van der Waals surface area contributed by atoms with Crippen LogP contribution in [0.4, 0.5) is 0 Å². The second-order valence-corrected chi connectivity index (χ2v) is 7.77. The van der Waals surface area contributed by atoms with E-state index in [1.54, 1.807) is 17.4 Å². The monoisotopic (exact) mass is 377 g/mol. The number of thiophene rings is 1. The first-order chi connectivity index (χ1) is 12.3. The molecule has 0 unspecified atom stereocenters. The van der Waals surface area contributed by atoms with Gasteiger partial charge in [-0.3, -0.25) is 4.79 Å². The Labute approximate surface area is 156 Å². The first kappa shape index (κ1) is 18.3. The fraction of sp³-hybridized carbons (Fsp3) is 0.421. The van der Waals surface area contributed by atoms with E-state index < -0.39 is 0 Å². The van der Waals surface area contributed by atoms with Crippen LogP contribution >= 0.6 is 23.1 Å². The second kappa shape index (κ2) is 9.85. The maximum Gasteiger partial charge on any atom is 0.255 e. The number of carbonyl (C=O) groups is 1. The van der Waals surface area contributed by atoms with Gasteiger partial charge in [0.05, 0.1) is 11.7 Å². The van der Waals surface area contributed by atoms with E-state index in [1.807, 2.05) is 30.0 Å². The zero-order chi connectivity index (χ0) is 17.3. The molecule has 1 aliphatic heterocycles. The van der Waals surface area contributed by atoms with Gasteiger partial charge in [-0.1, -0.05) is 12.1 Å². The van der Waals surface area contributed by atoms with Gasteiger partial charge in [-0.05, 0) is 47.4 Å². The molecule has 1 amide bonds. The first-order valence-corrected chi connectivity index (χ1v) is 10.6. The van der Waals surface area contributed by atoms with Crippen LogP contribution in [0.1, 0.15) is 28.8 Å². The number of hydrogen-bond donors (Lipinski definition) is 1. The third-order valence-electron chi connectivity index (χ3n) is 3.96. The van der Waals surface area contributed by atoms with Crippen molar-refractivity contribution in [2.45, 2.75) is 24.7 Å². The summed E-state index contributed by atoms with van der Waals surface area (Å²) >= 11 is 3.54. The fourth-order valence-electron chi connectivity index (χ4n) is 2.64. The molecule has 1 aliphatic rings. The topological polar surface area (TPSA) is 47.6 Å². The minimum atomic E-state index is -0.0842. The van der Waals surface area contributed by atoms with E-state index >= 15 is 0 Å². The van der Waals surface area contributed by atoms with Crippen LogP contribution < -0.4 is 10.1 Å². The molecule has 1 aromatic heterocycles. The minimum Gasteiger partial charge on any atom is -0.490 e. The number of para-hydroxylation sites is 1. The van der Waals surface area contributed by atoms with Gasteiger partial charge in [0.1, 0.15) is 12.4 Å². The molecule has 4 nitrogen and oxygen atoms in total. The lowest BCUT2D eigenvalue weighted by Crippen LogP contribution is -2.27. The summed E-state index contributed by atoms with van der Waals surface area (Å²) in [5.74, 6) is 2.42. The molecule has 1 saturated heterocycles. The van der Waals surface area contributed by atoms with Crippen LogP contribution in [0, 0.1) is 0 Å². The van der Waals surface area contributed by atoms with Crippen molar-refractivity contribution in [3.8, 4) is 5.75 Å². The van der Waals surface area contributed by atoms with Crippen LogP contribution in [-0.2, 0) is 10.5 Å². The lowest BCUT2D eigenvalue weighted by molar-refractivity contribution is 0.0671. The molecular weight excluding hydrogens is 354 g/mol. The number of hydrogen-bond acceptors (Lipinski definition) is 5. The second-order valence-electron chi connectivity index (χ2n) is 5.88. The summed E-state index contributed by atoms with van der Waals surface area (Å²) in [6.07, 6.45) is 2.25. The lowest BCUT2D eigenvalue weighted by atomic mass is 10.2. The molecule has 1 atom stereocenters. The third-order valence-corrected chi connectivity index (χ3v) is 5.72. The Morgan fingerprint density at radius 3 is 3.08 bits per heavy atom. The molecule has 2 aromatic rings. The van der Waals surface area contributed by atoms with Crippen LogP contribution in [0.2, 0.25) is 0 Å². The van der Waals surface area contributed by atoms with Crippen molar-refractivity contribution in [1.82, 2.24) is 5.32 Å². The van der Waals surface area contributed by atoms with Gasteiger partial charge in [-0.15, -0.1) is 0 Å². The quantitative estimate of drug-likeness (QED) is 0.672. The zero-order valence-corrected chi connectivity index (χ0v) is 15.7. The van der Waals surface area contributed by atoms with Crippen LogP contribution in [0.5, 0.6) is 5.75 Å². The van der Waals surface area contributed by atoms with E-state index in [2.05, 4.69) is 22.1 Å². The van der Waals surface area contributed by atoms with Gasteiger partial charge >= 0.3 is 0 Å². The Hall–Kier alpha value is -1.50. The van der Waals surface area contributed by atoms with Gasteiger partial charge in [0.2, 0.25) is 0 Å². The fourth-order valence-corrected chi connectivity index (χ4v) is 4.22. The summed E-state index contributed by atoms with van der Waals surface area (Å²) in [7, 11) is 0. The number of thioether (sulfide) groups is 1. The normalized spacial score (nSPS) is 16.7. The zero-order valence-electron chi connectivity index (χ0n) is 14.1. The molecule has 2 heterocycles. The van der Waals surface area contributed by atoms with Crippen molar-refractivity contribution in [3.05, 3.63) is 52.2 Å². The molecule has 6 heteroatoms. The Bertz CT molecular complexity index is 654. The summed E-state index contributed by atoms with van der Waals surface area (Å²) < 4.78 is 11.4. The third kappa shape index (κ3) is 5.76. The largest absolute Gasteiger partial charge is 0.490 e. The summed E-state index contributed by atoms with van der Waals surface area (Å²) in [4.78, 5) is 12.4. The Morgan fingerprint density at radius 1 is 1.36 bits per heavy atom. The molecule has 0 saturated carbocycles. The highest BCUT2D eigenvalue weighted by Gasteiger charge is 2.18. The molecule has 1 aromatic carbocycles. The van der Waals surface area contributed by atoms with Crippen molar-refractivity contribution in [1.29, 1.82) is 0 Å². The van der Waals surface area contributed by atoms with Gasteiger partial charge in [-0.25, -0.2) is 0 Å². The number of benzene rings is 1. The van der Waals surface area contributed by atoms with Gasteiger partial charge in [0.25, 0.3) is 5.91 Å². The van der Waals surface area contributed by atoms with Gasteiger partial charge < -0.3 is 14.8 Å². The van der Waals surface area contributed by atoms with Crippen molar-refractivity contribution < 1.29 is 14.3 Å². The molecule has 1 N–H and O–H groups in total. The van der Waals surface area contributed by atoms with Crippen LogP contribution in [0.3, 0.4) is 0 Å². The highest BCUT2D eigenvalue weighted by molar-refractivity contribution is 7.98. The van der Waals surface area contributed by atoms with E-state index in [-0.39, 0.29) is 12.0 Å². The van der Waals surface area contributed by atoms with Crippen molar-refractivity contribution in [2.24, 2.45) is 0 Å². The molecule has 0 bridgehead atoms. The summed E-state index contributed by atoms with van der Waals surface area (Å²) in [5.41, 5.74) is 1.93. The molecule has 134 valence electrons. The summed E-state index contributed by atoms with van der Waals surface area (Å²) in [6, 6.07) is 9.53. The number of rotatable bonds is 9. The predicted octanol–water partition coefficient (Wildman–Crippen LogP) is 3.97. The van der Waals surface area contributed by atoms with E-state index in [9.17, 15) is 4.79 Å². The van der Waals surface area contributed by atoms with E-state index in [0.29, 0.717) is 24.5 Å². The molecular formula is C19H23NO3S2. The average Bonchev–Trinajstić information content (AvgIpc) is 3.33. The van der Waals surface area contributed by atoms with Crippen LogP contribution in [0.15, 0.2) is 41.1 Å². The van der Waals surface area contributed by atoms with Crippen LogP contribution in [0.25, 0.3) is 0 Å². The molecule has 1 fully saturated rings. The molecule has 0 aliphatic carbocycles. The lowest BCUT2D eigenvalue weighted by Gasteiger charge is -2.14. The molecule has 25 heavy (non-hydrogen) atoms. The number of ether oxygens (including phenoxy) is 2. The predicted molar refractivity (Wildman–Crippen MR) is 104 cm³/mol. The minimum absolute atomic E-state index is 0.0842. The average molecular weight is 378 g/mol. The highest BCUT2D eigenvalue weighted by Crippen LogP contribution is 2.20. The van der Waals surface area contributed by atoms with Crippen molar-refractivity contribution >= 4 is 29.0 Å². The molecule has 0 radical (unpaired) electrons. The maximum absolute atomic E-state index is 12.4. The molecule has 0 spiro atoms. The highest BCUT2D eigenvalue weighted by atomic mass is 32.2. The van der Waals surface area contributed by atoms with Gasteiger partial charge in [0, 0.05) is 24.7 Å². The Kier molecular flexibility index (Phi) is 7.21. The van der Waals surface area contributed by atoms with E-state index in [4.69, 9.17) is 9.47 Å². The van der Waals surface area contributed by atoms with Crippen LogP contribution in [-0.4, -0.2) is 37.5 Å². The summed E-state index contributed by atoms with van der Waals surface area (Å²) in [6.45, 7) is 1.95. The van der Waals surface area contributed by atoms with E-state index in [1.165, 1.54) is 5.56 Å². The smallest absolute Gasteiger partial charge is 0.255 e. The Balaban J connectivity index is 1.42. The summed E-state index contributed by atoms with van der Waals surface area (Å²) in [5, 5.41) is 7.23. The first-order valence-electron chi connectivity index (χ1n) is 8.53. The van der Waals surface area contributed by atoms with E-state index in [0.717, 1.165) is 31.0 Å². The Morgan fingerprint density at radius 2 is 2.28 bits per heavy atom. The number of nitrogens with one attached hydrogen (secondary N) is 1. The molecule has 3 rings (SSSR count). The van der Waals surface area contributed by atoms with Gasteiger partial charge in [0.15, 0.2) is 0 Å². The van der Waals surface area contributed by atoms with Gasteiger partial charge in [-0.2, -0.15) is 23.1 Å².